The largest absolute Gasteiger partial charge is 0.468 e. The number of hydrogen-bond acceptors (Lipinski definition) is 5. The molecule has 0 saturated carbocycles. The number of amides is 2. The highest BCUT2D eigenvalue weighted by Gasteiger charge is 2.67. The molecule has 2 aliphatic heterocycles. The normalized spacial score (nSPS) is 29.1. The number of rotatable bonds is 3. The third kappa shape index (κ3) is 2.64. The molecule has 2 aromatic rings. The van der Waals surface area contributed by atoms with Gasteiger partial charge in [0.1, 0.15) is 5.54 Å². The fraction of sp³-hybridized carbons (Fsp3) is 0.286. The Bertz CT molecular complexity index is 947. The van der Waals surface area contributed by atoms with Crippen molar-refractivity contribution in [2.75, 3.05) is 12.0 Å². The van der Waals surface area contributed by atoms with E-state index in [1.54, 1.807) is 55.5 Å². The number of methoxy groups -OCH3 is 1. The first kappa shape index (κ1) is 18.7. The van der Waals surface area contributed by atoms with Gasteiger partial charge in [-0.15, -0.1) is 0 Å². The Morgan fingerprint density at radius 1 is 1.07 bits per heavy atom. The molecule has 6 nitrogen and oxygen atoms in total. The lowest BCUT2D eigenvalue weighted by Crippen LogP contribution is -2.54. The molecule has 0 bridgehead atoms. The zero-order chi connectivity index (χ0) is 20.1. The molecule has 2 heterocycles. The van der Waals surface area contributed by atoms with Gasteiger partial charge in [-0.2, -0.15) is 0 Å². The van der Waals surface area contributed by atoms with E-state index in [0.29, 0.717) is 10.7 Å². The Labute approximate surface area is 167 Å². The van der Waals surface area contributed by atoms with E-state index in [0.717, 1.165) is 5.56 Å². The maximum atomic E-state index is 13.3. The standard InChI is InChI=1S/C21H19ClN2O4/c1-21(20(27)28-2)16-15(17(23-21)12-8-10-13(22)11-9-12)18(25)24(19(16)26)14-6-4-3-5-7-14/h3-11,15-17,23H,1-2H3/t15-,16+,17-,21-/m0/s1. The Kier molecular flexibility index (Phi) is 4.48. The van der Waals surface area contributed by atoms with Gasteiger partial charge in [-0.05, 0) is 36.8 Å². The fourth-order valence-corrected chi connectivity index (χ4v) is 4.45. The van der Waals surface area contributed by atoms with Crippen LogP contribution in [0.5, 0.6) is 0 Å². The summed E-state index contributed by atoms with van der Waals surface area (Å²) >= 11 is 5.99. The smallest absolute Gasteiger partial charge is 0.326 e. The van der Waals surface area contributed by atoms with Gasteiger partial charge in [-0.25, -0.2) is 4.90 Å². The van der Waals surface area contributed by atoms with Gasteiger partial charge in [0, 0.05) is 11.1 Å². The van der Waals surface area contributed by atoms with E-state index in [1.165, 1.54) is 12.0 Å². The number of imide groups is 1. The first-order valence-electron chi connectivity index (χ1n) is 8.93. The molecule has 144 valence electrons. The number of nitrogens with one attached hydrogen (secondary N) is 1. The van der Waals surface area contributed by atoms with E-state index in [2.05, 4.69) is 5.32 Å². The van der Waals surface area contributed by atoms with Gasteiger partial charge < -0.3 is 4.74 Å². The van der Waals surface area contributed by atoms with Crippen LogP contribution in [0.2, 0.25) is 5.02 Å². The highest BCUT2D eigenvalue weighted by atomic mass is 35.5. The Morgan fingerprint density at radius 2 is 1.71 bits per heavy atom. The van der Waals surface area contributed by atoms with Crippen molar-refractivity contribution in [3.8, 4) is 0 Å². The minimum absolute atomic E-state index is 0.332. The highest BCUT2D eigenvalue weighted by Crippen LogP contribution is 2.49. The minimum atomic E-state index is -1.32. The number of carbonyl (C=O) groups excluding carboxylic acids is 3. The minimum Gasteiger partial charge on any atom is -0.468 e. The summed E-state index contributed by atoms with van der Waals surface area (Å²) < 4.78 is 4.97. The SMILES string of the molecule is COC(=O)[C@@]1(C)N[C@@H](c2ccc(Cl)cc2)[C@H]2C(=O)N(c3ccccc3)C(=O)[C@@H]21. The van der Waals surface area contributed by atoms with E-state index in [-0.39, 0.29) is 5.91 Å². The van der Waals surface area contributed by atoms with Gasteiger partial charge in [-0.3, -0.25) is 19.7 Å². The predicted octanol–water partition coefficient (Wildman–Crippen LogP) is 2.72. The Hall–Kier alpha value is -2.70. The first-order valence-corrected chi connectivity index (χ1v) is 9.30. The lowest BCUT2D eigenvalue weighted by atomic mass is 9.80. The molecule has 4 atom stereocenters. The van der Waals surface area contributed by atoms with Gasteiger partial charge >= 0.3 is 5.97 Å². The van der Waals surface area contributed by atoms with Crippen molar-refractivity contribution in [3.05, 3.63) is 65.2 Å². The number of carbonyl (C=O) groups is 3. The number of hydrogen-bond donors (Lipinski definition) is 1. The average Bonchev–Trinajstić information content (AvgIpc) is 3.16. The molecular weight excluding hydrogens is 380 g/mol. The molecule has 1 N–H and O–H groups in total. The molecule has 0 aliphatic carbocycles. The Balaban J connectivity index is 1.82. The lowest BCUT2D eigenvalue weighted by Gasteiger charge is -2.28. The van der Waals surface area contributed by atoms with Crippen molar-refractivity contribution in [1.82, 2.24) is 5.32 Å². The molecule has 7 heteroatoms. The molecule has 28 heavy (non-hydrogen) atoms. The van der Waals surface area contributed by atoms with Crippen LogP contribution < -0.4 is 10.2 Å². The molecule has 0 radical (unpaired) electrons. The Morgan fingerprint density at radius 3 is 2.32 bits per heavy atom. The summed E-state index contributed by atoms with van der Waals surface area (Å²) in [5.41, 5.74) is -0.0444. The summed E-state index contributed by atoms with van der Waals surface area (Å²) in [6.07, 6.45) is 0. The summed E-state index contributed by atoms with van der Waals surface area (Å²) in [5.74, 6) is -2.90. The summed E-state index contributed by atoms with van der Waals surface area (Å²) in [6.45, 7) is 1.62. The number of benzene rings is 2. The molecule has 4 rings (SSSR count). The van der Waals surface area contributed by atoms with E-state index in [4.69, 9.17) is 16.3 Å². The van der Waals surface area contributed by atoms with E-state index in [1.807, 2.05) is 6.07 Å². The third-order valence-corrected chi connectivity index (χ3v) is 5.89. The van der Waals surface area contributed by atoms with Gasteiger partial charge in [0.25, 0.3) is 0 Å². The molecule has 2 aliphatic rings. The van der Waals surface area contributed by atoms with Crippen LogP contribution in [0.1, 0.15) is 18.5 Å². The zero-order valence-corrected chi connectivity index (χ0v) is 16.1. The lowest BCUT2D eigenvalue weighted by molar-refractivity contribution is -0.151. The number of ether oxygens (including phenoxy) is 1. The van der Waals surface area contributed by atoms with Crippen LogP contribution in [0.4, 0.5) is 5.69 Å². The molecule has 0 aromatic heterocycles. The highest BCUT2D eigenvalue weighted by molar-refractivity contribution is 6.30. The van der Waals surface area contributed by atoms with Crippen molar-refractivity contribution < 1.29 is 19.1 Å². The average molecular weight is 399 g/mol. The molecular formula is C21H19ClN2O4. The van der Waals surface area contributed by atoms with E-state index < -0.39 is 35.3 Å². The van der Waals surface area contributed by atoms with Crippen LogP contribution >= 0.6 is 11.6 Å². The van der Waals surface area contributed by atoms with E-state index in [9.17, 15) is 14.4 Å². The first-order chi connectivity index (χ1) is 13.4. The molecule has 0 unspecified atom stereocenters. The number of para-hydroxylation sites is 1. The van der Waals surface area contributed by atoms with Crippen LogP contribution in [0.25, 0.3) is 0 Å². The van der Waals surface area contributed by atoms with Crippen molar-refractivity contribution in [2.24, 2.45) is 11.8 Å². The summed E-state index contributed by atoms with van der Waals surface area (Å²) in [5, 5.41) is 3.77. The topological polar surface area (TPSA) is 75.7 Å². The number of halogens is 1. The van der Waals surface area contributed by atoms with Crippen molar-refractivity contribution in [1.29, 1.82) is 0 Å². The number of esters is 1. The van der Waals surface area contributed by atoms with Crippen molar-refractivity contribution in [3.63, 3.8) is 0 Å². The zero-order valence-electron chi connectivity index (χ0n) is 15.4. The second-order valence-corrected chi connectivity index (χ2v) is 7.65. The van der Waals surface area contributed by atoms with Crippen LogP contribution in [0, 0.1) is 11.8 Å². The van der Waals surface area contributed by atoms with Gasteiger partial charge in [0.2, 0.25) is 11.8 Å². The second kappa shape index (κ2) is 6.72. The van der Waals surface area contributed by atoms with Crippen LogP contribution in [0.15, 0.2) is 54.6 Å². The van der Waals surface area contributed by atoms with Crippen LogP contribution in [-0.4, -0.2) is 30.4 Å². The van der Waals surface area contributed by atoms with E-state index >= 15 is 0 Å². The van der Waals surface area contributed by atoms with Crippen LogP contribution in [-0.2, 0) is 19.1 Å². The van der Waals surface area contributed by atoms with Gasteiger partial charge in [0.15, 0.2) is 0 Å². The van der Waals surface area contributed by atoms with Crippen molar-refractivity contribution in [2.45, 2.75) is 18.5 Å². The van der Waals surface area contributed by atoms with Crippen molar-refractivity contribution >= 4 is 35.1 Å². The summed E-state index contributed by atoms with van der Waals surface area (Å²) in [7, 11) is 1.27. The molecule has 2 fully saturated rings. The third-order valence-electron chi connectivity index (χ3n) is 5.64. The summed E-state index contributed by atoms with van der Waals surface area (Å²) in [4.78, 5) is 40.4. The monoisotopic (exact) mass is 398 g/mol. The summed E-state index contributed by atoms with van der Waals surface area (Å²) in [6, 6.07) is 15.3. The quantitative estimate of drug-likeness (QED) is 0.635. The fourth-order valence-electron chi connectivity index (χ4n) is 4.33. The van der Waals surface area contributed by atoms with Gasteiger partial charge in [-0.1, -0.05) is 41.9 Å². The number of anilines is 1. The second-order valence-electron chi connectivity index (χ2n) is 7.22. The molecule has 2 amide bonds. The van der Waals surface area contributed by atoms with Gasteiger partial charge in [0.05, 0.1) is 24.6 Å². The number of nitrogens with zero attached hydrogens (tertiary/aromatic N) is 1. The predicted molar refractivity (Wildman–Crippen MR) is 104 cm³/mol. The maximum absolute atomic E-state index is 13.3. The van der Waals surface area contributed by atoms with Crippen LogP contribution in [0.3, 0.4) is 0 Å². The maximum Gasteiger partial charge on any atom is 0.326 e. The molecule has 0 spiro atoms. The molecule has 2 saturated heterocycles. The number of fused-ring (bicyclic) bond motifs is 1. The molecule has 2 aromatic carbocycles.